The van der Waals surface area contributed by atoms with Crippen LogP contribution in [-0.4, -0.2) is 37.4 Å². The quantitative estimate of drug-likeness (QED) is 0.663. The first-order valence-corrected chi connectivity index (χ1v) is 6.00. The molecule has 0 bridgehead atoms. The first-order chi connectivity index (χ1) is 9.60. The SMILES string of the molecule is COC(=O)/C(=C/c1ccc2c(c1)OCCO2)CC(=O)O. The number of ether oxygens (including phenoxy) is 3. The summed E-state index contributed by atoms with van der Waals surface area (Å²) in [5.41, 5.74) is 0.715. The Labute approximate surface area is 115 Å². The highest BCUT2D eigenvalue weighted by Crippen LogP contribution is 2.31. The number of methoxy groups -OCH3 is 1. The Balaban J connectivity index is 2.30. The molecule has 1 aliphatic rings. The van der Waals surface area contributed by atoms with Crippen LogP contribution in [0.5, 0.6) is 11.5 Å². The van der Waals surface area contributed by atoms with E-state index >= 15 is 0 Å². The van der Waals surface area contributed by atoms with Gasteiger partial charge in [-0.3, -0.25) is 4.79 Å². The molecule has 0 spiro atoms. The minimum absolute atomic E-state index is 0.0664. The monoisotopic (exact) mass is 278 g/mol. The van der Waals surface area contributed by atoms with Crippen LogP contribution in [0.2, 0.25) is 0 Å². The standard InChI is InChI=1S/C14H14O6/c1-18-14(17)10(8-13(15)16)6-9-2-3-11-12(7-9)20-5-4-19-11/h2-3,6-7H,4-5,8H2,1H3,(H,15,16)/b10-6+. The lowest BCUT2D eigenvalue weighted by Crippen LogP contribution is -2.15. The second-order valence-corrected chi connectivity index (χ2v) is 4.13. The Bertz CT molecular complexity index is 561. The van der Waals surface area contributed by atoms with Gasteiger partial charge in [0.25, 0.3) is 0 Å². The van der Waals surface area contributed by atoms with Crippen LogP contribution >= 0.6 is 0 Å². The lowest BCUT2D eigenvalue weighted by atomic mass is 10.1. The minimum atomic E-state index is -1.10. The zero-order chi connectivity index (χ0) is 14.5. The van der Waals surface area contributed by atoms with Crippen molar-refractivity contribution in [1.29, 1.82) is 0 Å². The highest BCUT2D eigenvalue weighted by Gasteiger charge is 2.15. The van der Waals surface area contributed by atoms with Gasteiger partial charge in [-0.1, -0.05) is 6.07 Å². The number of hydrogen-bond donors (Lipinski definition) is 1. The molecule has 0 aromatic heterocycles. The van der Waals surface area contributed by atoms with E-state index in [1.807, 2.05) is 0 Å². The number of carbonyl (C=O) groups excluding carboxylic acids is 1. The number of carboxylic acid groups (broad SMARTS) is 1. The van der Waals surface area contributed by atoms with Gasteiger partial charge >= 0.3 is 11.9 Å². The van der Waals surface area contributed by atoms with Crippen molar-refractivity contribution >= 4 is 18.0 Å². The van der Waals surface area contributed by atoms with Crippen molar-refractivity contribution < 1.29 is 28.9 Å². The largest absolute Gasteiger partial charge is 0.486 e. The Hall–Kier alpha value is -2.50. The van der Waals surface area contributed by atoms with Crippen molar-refractivity contribution in [3.05, 3.63) is 29.3 Å². The Morgan fingerprint density at radius 3 is 2.65 bits per heavy atom. The van der Waals surface area contributed by atoms with Gasteiger partial charge in [0.2, 0.25) is 0 Å². The zero-order valence-electron chi connectivity index (χ0n) is 10.9. The molecule has 0 saturated carbocycles. The van der Waals surface area contributed by atoms with Crippen LogP contribution in [0.4, 0.5) is 0 Å². The van der Waals surface area contributed by atoms with E-state index in [0.717, 1.165) is 0 Å². The molecule has 2 rings (SSSR count). The zero-order valence-corrected chi connectivity index (χ0v) is 10.9. The normalized spacial score (nSPS) is 13.8. The maximum Gasteiger partial charge on any atom is 0.334 e. The third kappa shape index (κ3) is 3.28. The summed E-state index contributed by atoms with van der Waals surface area (Å²) >= 11 is 0. The van der Waals surface area contributed by atoms with Crippen molar-refractivity contribution in [3.8, 4) is 11.5 Å². The number of hydrogen-bond acceptors (Lipinski definition) is 5. The van der Waals surface area contributed by atoms with Gasteiger partial charge in [-0.15, -0.1) is 0 Å². The van der Waals surface area contributed by atoms with Gasteiger partial charge in [0.05, 0.1) is 13.5 Å². The van der Waals surface area contributed by atoms with Crippen LogP contribution < -0.4 is 9.47 Å². The smallest absolute Gasteiger partial charge is 0.334 e. The number of aliphatic carboxylic acids is 1. The van der Waals surface area contributed by atoms with E-state index in [1.54, 1.807) is 18.2 Å². The molecule has 0 radical (unpaired) electrons. The van der Waals surface area contributed by atoms with Crippen LogP contribution in [0.25, 0.3) is 6.08 Å². The lowest BCUT2D eigenvalue weighted by Gasteiger charge is -2.18. The molecular weight excluding hydrogens is 264 g/mol. The summed E-state index contributed by atoms with van der Waals surface area (Å²) in [5.74, 6) is -0.558. The predicted molar refractivity (Wildman–Crippen MR) is 69.7 cm³/mol. The molecule has 20 heavy (non-hydrogen) atoms. The van der Waals surface area contributed by atoms with Gasteiger partial charge in [0, 0.05) is 5.57 Å². The first-order valence-electron chi connectivity index (χ1n) is 6.00. The van der Waals surface area contributed by atoms with E-state index in [9.17, 15) is 9.59 Å². The first kappa shape index (κ1) is 13.9. The molecule has 1 heterocycles. The fraction of sp³-hybridized carbons (Fsp3) is 0.286. The van der Waals surface area contributed by atoms with Gasteiger partial charge in [-0.2, -0.15) is 0 Å². The van der Waals surface area contributed by atoms with Gasteiger partial charge in [0.15, 0.2) is 11.5 Å². The number of carboxylic acids is 1. The van der Waals surface area contributed by atoms with Crippen LogP contribution in [0, 0.1) is 0 Å². The molecule has 1 aromatic carbocycles. The molecule has 0 atom stereocenters. The summed E-state index contributed by atoms with van der Waals surface area (Å²) in [6.45, 7) is 0.952. The fourth-order valence-electron chi connectivity index (χ4n) is 1.83. The van der Waals surface area contributed by atoms with Crippen molar-refractivity contribution in [3.63, 3.8) is 0 Å². The van der Waals surface area contributed by atoms with Crippen LogP contribution in [0.3, 0.4) is 0 Å². The number of rotatable bonds is 4. The molecule has 0 saturated heterocycles. The molecule has 1 N–H and O–H groups in total. The Kier molecular flexibility index (Phi) is 4.24. The summed E-state index contributed by atoms with van der Waals surface area (Å²) in [7, 11) is 1.21. The van der Waals surface area contributed by atoms with E-state index in [1.165, 1.54) is 13.2 Å². The van der Waals surface area contributed by atoms with Gasteiger partial charge in [-0.25, -0.2) is 4.79 Å². The number of benzene rings is 1. The minimum Gasteiger partial charge on any atom is -0.486 e. The van der Waals surface area contributed by atoms with Crippen LogP contribution in [-0.2, 0) is 14.3 Å². The summed E-state index contributed by atoms with van der Waals surface area (Å²) < 4.78 is 15.4. The molecule has 106 valence electrons. The molecule has 0 amide bonds. The average molecular weight is 278 g/mol. The van der Waals surface area contributed by atoms with E-state index < -0.39 is 18.4 Å². The van der Waals surface area contributed by atoms with Gasteiger partial charge in [-0.05, 0) is 23.8 Å². The lowest BCUT2D eigenvalue weighted by molar-refractivity contribution is -0.141. The Morgan fingerprint density at radius 1 is 1.30 bits per heavy atom. The van der Waals surface area contributed by atoms with E-state index in [0.29, 0.717) is 30.3 Å². The van der Waals surface area contributed by atoms with E-state index in [4.69, 9.17) is 14.6 Å². The third-order valence-corrected chi connectivity index (χ3v) is 2.70. The highest BCUT2D eigenvalue weighted by atomic mass is 16.6. The van der Waals surface area contributed by atoms with Gasteiger partial charge < -0.3 is 19.3 Å². The van der Waals surface area contributed by atoms with Gasteiger partial charge in [0.1, 0.15) is 13.2 Å². The topological polar surface area (TPSA) is 82.1 Å². The van der Waals surface area contributed by atoms with Crippen molar-refractivity contribution in [2.24, 2.45) is 0 Å². The van der Waals surface area contributed by atoms with E-state index in [-0.39, 0.29) is 5.57 Å². The summed E-state index contributed by atoms with van der Waals surface area (Å²) in [6, 6.07) is 5.13. The molecule has 6 nitrogen and oxygen atoms in total. The number of esters is 1. The molecule has 0 unspecified atom stereocenters. The maximum atomic E-state index is 11.5. The summed E-state index contributed by atoms with van der Waals surface area (Å²) in [4.78, 5) is 22.3. The van der Waals surface area contributed by atoms with Crippen LogP contribution in [0.1, 0.15) is 12.0 Å². The Morgan fingerprint density at radius 2 is 2.00 bits per heavy atom. The number of carbonyl (C=O) groups is 2. The van der Waals surface area contributed by atoms with Crippen molar-refractivity contribution in [2.45, 2.75) is 6.42 Å². The molecule has 6 heteroatoms. The second kappa shape index (κ2) is 6.10. The van der Waals surface area contributed by atoms with E-state index in [2.05, 4.69) is 4.74 Å². The summed E-state index contributed by atoms with van der Waals surface area (Å²) in [6.07, 6.45) is 1.07. The summed E-state index contributed by atoms with van der Waals surface area (Å²) in [5, 5.41) is 8.81. The molecule has 1 aliphatic heterocycles. The molecule has 0 aliphatic carbocycles. The molecular formula is C14H14O6. The maximum absolute atomic E-state index is 11.5. The fourth-order valence-corrected chi connectivity index (χ4v) is 1.83. The highest BCUT2D eigenvalue weighted by molar-refractivity contribution is 5.97. The molecule has 1 aromatic rings. The number of fused-ring (bicyclic) bond motifs is 1. The molecule has 0 fully saturated rings. The average Bonchev–Trinajstić information content (AvgIpc) is 2.45. The van der Waals surface area contributed by atoms with Crippen molar-refractivity contribution in [1.82, 2.24) is 0 Å². The second-order valence-electron chi connectivity index (χ2n) is 4.13. The predicted octanol–water partition coefficient (Wildman–Crippen LogP) is 1.49. The third-order valence-electron chi connectivity index (χ3n) is 2.70. The van der Waals surface area contributed by atoms with Crippen molar-refractivity contribution in [2.75, 3.05) is 20.3 Å². The van der Waals surface area contributed by atoms with Crippen LogP contribution in [0.15, 0.2) is 23.8 Å².